The van der Waals surface area contributed by atoms with Gasteiger partial charge >= 0.3 is 5.97 Å². The van der Waals surface area contributed by atoms with Gasteiger partial charge in [-0.2, -0.15) is 0 Å². The Bertz CT molecular complexity index is 809. The fourth-order valence-corrected chi connectivity index (χ4v) is 6.06. The van der Waals surface area contributed by atoms with Crippen LogP contribution in [-0.2, 0) is 23.9 Å². The van der Waals surface area contributed by atoms with Crippen molar-refractivity contribution in [3.05, 3.63) is 0 Å². The molecule has 3 N–H and O–H groups in total. The summed E-state index contributed by atoms with van der Waals surface area (Å²) in [6, 6.07) is 0. The van der Waals surface area contributed by atoms with Gasteiger partial charge in [-0.05, 0) is 33.1 Å². The molecule has 4 heterocycles. The van der Waals surface area contributed by atoms with Crippen LogP contribution in [-0.4, -0.2) is 87.6 Å². The minimum Gasteiger partial charge on any atom is -0.465 e. The van der Waals surface area contributed by atoms with Crippen LogP contribution in [0.25, 0.3) is 0 Å². The summed E-state index contributed by atoms with van der Waals surface area (Å²) in [6.45, 7) is 5.33. The molecule has 0 aromatic carbocycles. The average Bonchev–Trinajstić information content (AvgIpc) is 3.40. The number of nitrogens with zero attached hydrogens (tertiary/aromatic N) is 2. The third-order valence-corrected chi connectivity index (χ3v) is 8.56. The molecule has 10 nitrogen and oxygen atoms in total. The van der Waals surface area contributed by atoms with Crippen LogP contribution in [0, 0.1) is 0 Å². The zero-order chi connectivity index (χ0) is 24.6. The van der Waals surface area contributed by atoms with Crippen molar-refractivity contribution in [3.8, 4) is 0 Å². The number of nitrogens with one attached hydrogen (secondary N) is 2. The first-order chi connectivity index (χ1) is 15.6. The van der Waals surface area contributed by atoms with Crippen LogP contribution in [0.15, 0.2) is 9.98 Å². The van der Waals surface area contributed by atoms with E-state index in [1.54, 1.807) is 25.9 Å². The highest BCUT2D eigenvalue weighted by atomic mass is 79.9. The third-order valence-electron chi connectivity index (χ3n) is 5.08. The van der Waals surface area contributed by atoms with Crippen LogP contribution in [0.5, 0.6) is 0 Å². The molecular formula is C20H31BrN4O6S2. The van der Waals surface area contributed by atoms with Crippen molar-refractivity contribution >= 4 is 67.6 Å². The van der Waals surface area contributed by atoms with Gasteiger partial charge in [-0.3, -0.25) is 24.4 Å². The number of rotatable bonds is 2. The maximum atomic E-state index is 11.9. The van der Waals surface area contributed by atoms with Gasteiger partial charge in [0, 0.05) is 33.7 Å². The zero-order valence-corrected chi connectivity index (χ0v) is 22.4. The fraction of sp³-hybridized carbons (Fsp3) is 0.750. The van der Waals surface area contributed by atoms with Crippen LogP contribution >= 0.6 is 39.5 Å². The maximum Gasteiger partial charge on any atom is 0.319 e. The molecule has 4 rings (SSSR count). The Balaban J connectivity index is 0.000000188. The highest BCUT2D eigenvalue weighted by Gasteiger charge is 2.51. The Morgan fingerprint density at radius 1 is 1.15 bits per heavy atom. The maximum absolute atomic E-state index is 11.9. The molecule has 4 fully saturated rings. The van der Waals surface area contributed by atoms with Crippen molar-refractivity contribution in [2.75, 3.05) is 33.9 Å². The lowest BCUT2D eigenvalue weighted by Gasteiger charge is -2.39. The second-order valence-electron chi connectivity index (χ2n) is 8.17. The SMILES string of the molecule is CN=C1NC(=O)C(CCO)S1.CN=C1NC(=O)C2(CCOC(C)(C)C2)S1.O=C1OCCC1Br. The molecule has 0 radical (unpaired) electrons. The number of carbonyl (C=O) groups is 3. The number of amides is 2. The van der Waals surface area contributed by atoms with Gasteiger partial charge in [-0.15, -0.1) is 0 Å². The topological polar surface area (TPSA) is 139 Å². The van der Waals surface area contributed by atoms with E-state index in [1.807, 2.05) is 13.8 Å². The van der Waals surface area contributed by atoms with Gasteiger partial charge in [0.05, 0.1) is 17.5 Å². The highest BCUT2D eigenvalue weighted by molar-refractivity contribution is 9.10. The van der Waals surface area contributed by atoms with E-state index < -0.39 is 0 Å². The molecule has 0 aliphatic carbocycles. The number of carbonyl (C=O) groups excluding carboxylic acids is 3. The predicted octanol–water partition coefficient (Wildman–Crippen LogP) is 1.45. The standard InChI is InChI=1S/C10H16N2O2S.C6H10N2O2S.C4H5BrO2/c1-9(2)6-10(4-5-14-9)7(13)12-8(11-3)15-10;1-7-6-8-5(10)4(11-6)2-3-9;5-3-1-2-7-4(3)6/h4-6H2,1-3H3,(H,11,12,13);4,9H,2-3H2,1H3,(H,7,8,10);3H,1-2H2. The quantitative estimate of drug-likeness (QED) is 0.337. The number of esters is 1. The Morgan fingerprint density at radius 2 is 1.85 bits per heavy atom. The smallest absolute Gasteiger partial charge is 0.319 e. The van der Waals surface area contributed by atoms with E-state index in [1.165, 1.54) is 11.8 Å². The van der Waals surface area contributed by atoms with Crippen LogP contribution in [0.4, 0.5) is 0 Å². The molecular weight excluding hydrogens is 536 g/mol. The fourth-order valence-electron chi connectivity index (χ4n) is 3.46. The molecule has 2 amide bonds. The summed E-state index contributed by atoms with van der Waals surface area (Å²) in [5.74, 6) is -0.0888. The monoisotopic (exact) mass is 566 g/mol. The van der Waals surface area contributed by atoms with Crippen molar-refractivity contribution in [3.63, 3.8) is 0 Å². The molecule has 4 aliphatic rings. The Labute approximate surface area is 210 Å². The molecule has 4 aliphatic heterocycles. The van der Waals surface area contributed by atoms with Crippen molar-refractivity contribution in [2.45, 2.75) is 60.0 Å². The molecule has 33 heavy (non-hydrogen) atoms. The van der Waals surface area contributed by atoms with E-state index in [4.69, 9.17) is 9.84 Å². The van der Waals surface area contributed by atoms with E-state index >= 15 is 0 Å². The number of aliphatic hydroxyl groups excluding tert-OH is 1. The molecule has 0 saturated carbocycles. The zero-order valence-electron chi connectivity index (χ0n) is 19.2. The third kappa shape index (κ3) is 7.94. The van der Waals surface area contributed by atoms with Crippen molar-refractivity contribution in [1.29, 1.82) is 0 Å². The van der Waals surface area contributed by atoms with E-state index in [9.17, 15) is 14.4 Å². The number of hydrogen-bond acceptors (Lipinski definition) is 10. The lowest BCUT2D eigenvalue weighted by molar-refractivity contribution is -0.137. The van der Waals surface area contributed by atoms with Crippen LogP contribution < -0.4 is 10.6 Å². The summed E-state index contributed by atoms with van der Waals surface area (Å²) in [6.07, 6.45) is 2.83. The number of aliphatic imine (C=N–C) groups is 2. The number of ether oxygens (including phenoxy) is 2. The Morgan fingerprint density at radius 3 is 2.27 bits per heavy atom. The summed E-state index contributed by atoms with van der Waals surface area (Å²) in [5, 5.41) is 15.2. The molecule has 1 spiro atoms. The first kappa shape index (κ1) is 28.1. The Kier molecular flexibility index (Phi) is 10.7. The van der Waals surface area contributed by atoms with Gasteiger partial charge in [-0.1, -0.05) is 39.5 Å². The van der Waals surface area contributed by atoms with E-state index in [0.29, 0.717) is 24.8 Å². The predicted molar refractivity (Wildman–Crippen MR) is 134 cm³/mol. The summed E-state index contributed by atoms with van der Waals surface area (Å²) < 4.78 is 9.86. The van der Waals surface area contributed by atoms with Gasteiger partial charge in [-0.25, -0.2) is 0 Å². The highest BCUT2D eigenvalue weighted by Crippen LogP contribution is 2.45. The summed E-state index contributed by atoms with van der Waals surface area (Å²) >= 11 is 6.06. The second kappa shape index (κ2) is 12.5. The number of amidine groups is 2. The lowest BCUT2D eigenvalue weighted by Crippen LogP contribution is -2.48. The van der Waals surface area contributed by atoms with Gasteiger partial charge in [0.2, 0.25) is 11.8 Å². The van der Waals surface area contributed by atoms with Gasteiger partial charge < -0.3 is 25.2 Å². The van der Waals surface area contributed by atoms with Crippen molar-refractivity contribution in [2.24, 2.45) is 9.98 Å². The molecule has 3 atom stereocenters. The second-order valence-corrected chi connectivity index (χ2v) is 11.8. The van der Waals surface area contributed by atoms with Crippen LogP contribution in [0.3, 0.4) is 0 Å². The molecule has 186 valence electrons. The first-order valence-electron chi connectivity index (χ1n) is 10.5. The largest absolute Gasteiger partial charge is 0.465 e. The minimum absolute atomic E-state index is 0.0347. The number of cyclic esters (lactones) is 1. The number of alkyl halides is 1. The van der Waals surface area contributed by atoms with Gasteiger partial charge in [0.25, 0.3) is 0 Å². The number of hydrogen-bond donors (Lipinski definition) is 3. The molecule has 3 unspecified atom stereocenters. The van der Waals surface area contributed by atoms with E-state index in [-0.39, 0.29) is 44.8 Å². The summed E-state index contributed by atoms with van der Waals surface area (Å²) in [5.41, 5.74) is -0.216. The first-order valence-corrected chi connectivity index (χ1v) is 13.1. The number of aliphatic hydroxyl groups is 1. The molecule has 0 bridgehead atoms. The van der Waals surface area contributed by atoms with Crippen LogP contribution in [0.2, 0.25) is 0 Å². The van der Waals surface area contributed by atoms with Gasteiger partial charge in [0.1, 0.15) is 9.57 Å². The van der Waals surface area contributed by atoms with Gasteiger partial charge in [0.15, 0.2) is 10.3 Å². The van der Waals surface area contributed by atoms with Crippen molar-refractivity contribution < 1.29 is 29.0 Å². The lowest BCUT2D eigenvalue weighted by atomic mass is 9.87. The molecule has 0 aromatic heterocycles. The molecule has 13 heteroatoms. The molecule has 0 aromatic rings. The summed E-state index contributed by atoms with van der Waals surface area (Å²) in [4.78, 5) is 41.1. The Hall–Kier alpha value is -1.15. The van der Waals surface area contributed by atoms with E-state index in [0.717, 1.165) is 24.4 Å². The molecule has 4 saturated heterocycles. The van der Waals surface area contributed by atoms with Crippen LogP contribution in [0.1, 0.15) is 39.5 Å². The average molecular weight is 568 g/mol. The number of halogens is 1. The van der Waals surface area contributed by atoms with Crippen molar-refractivity contribution in [1.82, 2.24) is 10.6 Å². The van der Waals surface area contributed by atoms with E-state index in [2.05, 4.69) is 41.3 Å². The normalized spacial score (nSPS) is 32.6. The number of thioether (sulfide) groups is 2. The minimum atomic E-state index is -0.351. The summed E-state index contributed by atoms with van der Waals surface area (Å²) in [7, 11) is 3.33.